The van der Waals surface area contributed by atoms with Gasteiger partial charge >= 0.3 is 0 Å². The lowest BCUT2D eigenvalue weighted by molar-refractivity contribution is 0.139. The third-order valence-electron chi connectivity index (χ3n) is 15.0. The van der Waals surface area contributed by atoms with Gasteiger partial charge in [0.2, 0.25) is 0 Å². The van der Waals surface area contributed by atoms with Crippen LogP contribution in [0, 0.1) is 59.0 Å². The van der Waals surface area contributed by atoms with Gasteiger partial charge < -0.3 is 4.74 Å². The average molecular weight is 703 g/mol. The third kappa shape index (κ3) is 11.6. The molecule has 1 nitrogen and oxygen atoms in total. The van der Waals surface area contributed by atoms with Crippen LogP contribution in [-0.4, -0.2) is 13.2 Å². The molecule has 3 heteroatoms. The van der Waals surface area contributed by atoms with Crippen LogP contribution in [0.3, 0.4) is 0 Å². The third-order valence-corrected chi connectivity index (χ3v) is 15.0. The minimum atomic E-state index is -0.105. The van der Waals surface area contributed by atoms with Crippen LogP contribution in [0.15, 0.2) is 36.4 Å². The maximum atomic E-state index is 15.0. The highest BCUT2D eigenvalue weighted by Crippen LogP contribution is 2.44. The molecule has 2 aromatic rings. The minimum absolute atomic E-state index is 0.105. The summed E-state index contributed by atoms with van der Waals surface area (Å²) in [4.78, 5) is 0. The molecule has 4 fully saturated rings. The van der Waals surface area contributed by atoms with Crippen molar-refractivity contribution in [3.63, 3.8) is 0 Å². The van der Waals surface area contributed by atoms with Gasteiger partial charge in [-0.2, -0.15) is 0 Å². The Balaban J connectivity index is 0.822. The molecule has 0 heterocycles. The van der Waals surface area contributed by atoms with E-state index in [9.17, 15) is 8.78 Å². The number of halogens is 2. The average Bonchev–Trinajstić information content (AvgIpc) is 3.18. The van der Waals surface area contributed by atoms with Crippen molar-refractivity contribution in [2.24, 2.45) is 47.3 Å². The van der Waals surface area contributed by atoms with Gasteiger partial charge in [-0.1, -0.05) is 102 Å². The predicted octanol–water partition coefficient (Wildman–Crippen LogP) is 13.7. The summed E-state index contributed by atoms with van der Waals surface area (Å²) in [6, 6.07) is 11.7. The van der Waals surface area contributed by atoms with Crippen LogP contribution in [-0.2, 0) is 30.4 Å². The molecule has 0 N–H and O–H groups in total. The van der Waals surface area contributed by atoms with Crippen LogP contribution < -0.4 is 0 Å². The molecule has 0 amide bonds. The molecule has 0 atom stereocenters. The van der Waals surface area contributed by atoms with E-state index in [0.29, 0.717) is 26.1 Å². The first-order valence-corrected chi connectivity index (χ1v) is 22.1. The van der Waals surface area contributed by atoms with Gasteiger partial charge in [0, 0.05) is 0 Å². The summed E-state index contributed by atoms with van der Waals surface area (Å²) in [5.41, 5.74) is 3.70. The van der Waals surface area contributed by atoms with E-state index in [1.165, 1.54) is 128 Å². The number of rotatable bonds is 16. The highest BCUT2D eigenvalue weighted by molar-refractivity contribution is 5.26. The van der Waals surface area contributed by atoms with E-state index in [4.69, 9.17) is 4.74 Å². The van der Waals surface area contributed by atoms with Gasteiger partial charge in [-0.3, -0.25) is 0 Å². The fourth-order valence-electron chi connectivity index (χ4n) is 11.1. The van der Waals surface area contributed by atoms with Gasteiger partial charge in [0.05, 0.1) is 13.2 Å². The van der Waals surface area contributed by atoms with Crippen LogP contribution in [0.4, 0.5) is 8.78 Å². The fraction of sp³-hybridized carbons (Fsp3) is 0.750. The highest BCUT2D eigenvalue weighted by Gasteiger charge is 2.31. The van der Waals surface area contributed by atoms with E-state index in [1.54, 1.807) is 12.1 Å². The molecule has 0 aromatic heterocycles. The molecule has 0 spiro atoms. The lowest BCUT2D eigenvalue weighted by Crippen LogP contribution is -2.25. The molecule has 51 heavy (non-hydrogen) atoms. The summed E-state index contributed by atoms with van der Waals surface area (Å²) in [7, 11) is 0. The summed E-state index contributed by atoms with van der Waals surface area (Å²) in [6.45, 7) is 5.64. The van der Waals surface area contributed by atoms with Crippen molar-refractivity contribution in [3.8, 4) is 0 Å². The Kier molecular flexibility index (Phi) is 15.3. The van der Waals surface area contributed by atoms with Crippen LogP contribution >= 0.6 is 0 Å². The second kappa shape index (κ2) is 20.1. The number of hydrogen-bond donors (Lipinski definition) is 0. The van der Waals surface area contributed by atoms with Gasteiger partial charge in [-0.05, 0) is 172 Å². The molecule has 4 aliphatic rings. The smallest absolute Gasteiger partial charge is 0.126 e. The largest absolute Gasteiger partial charge is 0.381 e. The molecular weight excluding hydrogens is 631 g/mol. The highest BCUT2D eigenvalue weighted by atomic mass is 19.1. The van der Waals surface area contributed by atoms with Crippen molar-refractivity contribution >= 4 is 0 Å². The zero-order chi connectivity index (χ0) is 35.4. The van der Waals surface area contributed by atoms with Crippen molar-refractivity contribution in [2.45, 2.75) is 168 Å². The van der Waals surface area contributed by atoms with E-state index in [1.807, 2.05) is 12.1 Å². The number of benzene rings is 2. The van der Waals surface area contributed by atoms with Gasteiger partial charge in [-0.15, -0.1) is 0 Å². The summed E-state index contributed by atoms with van der Waals surface area (Å²) in [5, 5.41) is 0. The minimum Gasteiger partial charge on any atom is -0.381 e. The summed E-state index contributed by atoms with van der Waals surface area (Å²) in [6.07, 6.45) is 31.0. The van der Waals surface area contributed by atoms with E-state index in [0.717, 1.165) is 82.4 Å². The van der Waals surface area contributed by atoms with E-state index in [-0.39, 0.29) is 11.6 Å². The van der Waals surface area contributed by atoms with Gasteiger partial charge in [0.25, 0.3) is 0 Å². The molecule has 6 rings (SSSR count). The lowest BCUT2D eigenvalue weighted by atomic mass is 9.68. The zero-order valence-electron chi connectivity index (χ0n) is 32.6. The Hall–Kier alpha value is -1.74. The maximum Gasteiger partial charge on any atom is 0.126 e. The van der Waals surface area contributed by atoms with Gasteiger partial charge in [-0.25, -0.2) is 8.78 Å². The van der Waals surface area contributed by atoms with Crippen molar-refractivity contribution in [1.29, 1.82) is 0 Å². The van der Waals surface area contributed by atoms with Crippen molar-refractivity contribution in [2.75, 3.05) is 13.2 Å². The molecular formula is C48H72F2O. The van der Waals surface area contributed by atoms with Crippen LogP contribution in [0.25, 0.3) is 0 Å². The van der Waals surface area contributed by atoms with E-state index >= 15 is 0 Å². The monoisotopic (exact) mass is 703 g/mol. The zero-order valence-corrected chi connectivity index (χ0v) is 32.6. The first-order valence-electron chi connectivity index (χ1n) is 22.1. The van der Waals surface area contributed by atoms with E-state index < -0.39 is 0 Å². The van der Waals surface area contributed by atoms with Gasteiger partial charge in [0.1, 0.15) is 11.6 Å². The van der Waals surface area contributed by atoms with E-state index in [2.05, 4.69) is 26.0 Å². The summed E-state index contributed by atoms with van der Waals surface area (Å²) >= 11 is 0. The first-order chi connectivity index (χ1) is 25.0. The molecule has 0 radical (unpaired) electrons. The maximum absolute atomic E-state index is 15.0. The van der Waals surface area contributed by atoms with Crippen LogP contribution in [0.5, 0.6) is 0 Å². The second-order valence-electron chi connectivity index (χ2n) is 18.0. The Morgan fingerprint density at radius 2 is 0.784 bits per heavy atom. The Morgan fingerprint density at radius 3 is 1.10 bits per heavy atom. The topological polar surface area (TPSA) is 9.23 Å². The Labute approximate surface area is 311 Å². The second-order valence-corrected chi connectivity index (χ2v) is 18.0. The normalized spacial score (nSPS) is 30.4. The molecule has 284 valence electrons. The predicted molar refractivity (Wildman–Crippen MR) is 210 cm³/mol. The lowest BCUT2D eigenvalue weighted by Gasteiger charge is -2.37. The number of hydrogen-bond acceptors (Lipinski definition) is 1. The van der Waals surface area contributed by atoms with Crippen molar-refractivity contribution < 1.29 is 13.5 Å². The molecule has 0 bridgehead atoms. The Morgan fingerprint density at radius 1 is 0.451 bits per heavy atom. The Bertz CT molecular complexity index is 1190. The number of ether oxygens (including phenoxy) is 1. The van der Waals surface area contributed by atoms with Gasteiger partial charge in [0.15, 0.2) is 0 Å². The molecule has 2 aromatic carbocycles. The first kappa shape index (κ1) is 39.0. The van der Waals surface area contributed by atoms with Crippen LogP contribution in [0.1, 0.15) is 165 Å². The fourth-order valence-corrected chi connectivity index (χ4v) is 11.1. The SMILES string of the molecule is CCC1CCC(C2CCC(CCc3ccc(CCOCCc4ccc(CCC5CCC(C6CCC(CC)CC6)CC5)cc4F)c(F)c3)CC2)CC1. The van der Waals surface area contributed by atoms with Crippen molar-refractivity contribution in [1.82, 2.24) is 0 Å². The molecule has 4 aliphatic carbocycles. The molecule has 0 saturated heterocycles. The number of aryl methyl sites for hydroxylation is 2. The molecule has 0 unspecified atom stereocenters. The standard InChI is InChI=1S/C48H72F2O/c1-3-35-9-19-41(20-10-35)43-23-13-37(14-24-43)5-7-39-17-27-45(47(49)33-39)29-31-51-32-30-46-28-18-40(34-48(46)50)8-6-38-15-25-44(26-16-38)42-21-11-36(4-2)12-22-42/h17-18,27-28,33-38,41-44H,3-16,19-26,29-32H2,1-2H3. The quantitative estimate of drug-likeness (QED) is 0.158. The molecule has 0 aliphatic heterocycles. The summed E-state index contributed by atoms with van der Waals surface area (Å²) in [5.74, 6) is 7.29. The molecule has 4 saturated carbocycles. The summed E-state index contributed by atoms with van der Waals surface area (Å²) < 4.78 is 35.8. The van der Waals surface area contributed by atoms with Crippen LogP contribution in [0.2, 0.25) is 0 Å². The van der Waals surface area contributed by atoms with Crippen molar-refractivity contribution in [3.05, 3.63) is 70.3 Å².